The van der Waals surface area contributed by atoms with Gasteiger partial charge in [-0.1, -0.05) is 23.8 Å². The van der Waals surface area contributed by atoms with E-state index in [1.165, 1.54) is 0 Å². The van der Waals surface area contributed by atoms with E-state index in [4.69, 9.17) is 0 Å². The zero-order chi connectivity index (χ0) is 20.3. The first-order valence-electron chi connectivity index (χ1n) is 9.52. The number of carbonyl (C=O) groups is 2. The van der Waals surface area contributed by atoms with Crippen LogP contribution in [0, 0.1) is 20.8 Å². The third-order valence-corrected chi connectivity index (χ3v) is 5.29. The molecular weight excluding hydrogens is 354 g/mol. The van der Waals surface area contributed by atoms with Gasteiger partial charge in [0.15, 0.2) is 0 Å². The summed E-state index contributed by atoms with van der Waals surface area (Å²) in [6.07, 6.45) is 0. The first kappa shape index (κ1) is 19.9. The van der Waals surface area contributed by atoms with Gasteiger partial charge < -0.3 is 15.3 Å². The van der Waals surface area contributed by atoms with Crippen molar-refractivity contribution in [2.24, 2.45) is 0 Å². The van der Waals surface area contributed by atoms with Crippen LogP contribution < -0.4 is 5.32 Å². The van der Waals surface area contributed by atoms with E-state index < -0.39 is 0 Å². The van der Waals surface area contributed by atoms with Crippen molar-refractivity contribution in [3.63, 3.8) is 0 Å². The molecule has 2 N–H and O–H groups in total. The Hall–Kier alpha value is -2.86. The number of phenols is 1. The van der Waals surface area contributed by atoms with Gasteiger partial charge in [-0.15, -0.1) is 0 Å². The van der Waals surface area contributed by atoms with Crippen LogP contribution in [0.2, 0.25) is 0 Å². The highest BCUT2D eigenvalue weighted by Gasteiger charge is 2.25. The van der Waals surface area contributed by atoms with Gasteiger partial charge in [-0.3, -0.25) is 14.5 Å². The van der Waals surface area contributed by atoms with Crippen LogP contribution in [0.15, 0.2) is 36.4 Å². The van der Waals surface area contributed by atoms with Gasteiger partial charge >= 0.3 is 0 Å². The van der Waals surface area contributed by atoms with Gasteiger partial charge in [-0.05, 0) is 50.1 Å². The van der Waals surface area contributed by atoms with E-state index in [1.807, 2.05) is 43.9 Å². The van der Waals surface area contributed by atoms with E-state index in [0.29, 0.717) is 38.3 Å². The zero-order valence-corrected chi connectivity index (χ0v) is 16.7. The Kier molecular flexibility index (Phi) is 5.99. The lowest BCUT2D eigenvalue weighted by Gasteiger charge is -2.34. The second kappa shape index (κ2) is 8.44. The number of amides is 2. The predicted molar refractivity (Wildman–Crippen MR) is 110 cm³/mol. The molecule has 0 aliphatic carbocycles. The van der Waals surface area contributed by atoms with E-state index >= 15 is 0 Å². The molecule has 0 unspecified atom stereocenters. The molecule has 148 valence electrons. The fourth-order valence-electron chi connectivity index (χ4n) is 3.38. The van der Waals surface area contributed by atoms with Crippen LogP contribution in [-0.4, -0.2) is 59.4 Å². The number of hydrogen-bond donors (Lipinski definition) is 2. The summed E-state index contributed by atoms with van der Waals surface area (Å²) in [6.45, 7) is 8.51. The topological polar surface area (TPSA) is 72.9 Å². The number of carbonyl (C=O) groups excluding carboxylic acids is 2. The summed E-state index contributed by atoms with van der Waals surface area (Å²) in [4.78, 5) is 28.8. The lowest BCUT2D eigenvalue weighted by molar-refractivity contribution is -0.117. The summed E-state index contributed by atoms with van der Waals surface area (Å²) in [5.74, 6) is -0.212. The van der Waals surface area contributed by atoms with Gasteiger partial charge in [0.2, 0.25) is 5.91 Å². The molecule has 0 aromatic heterocycles. The SMILES string of the molecule is Cc1ccc(O)c(C(=O)N2CCN(CC(=O)Nc3cccc(C)c3C)CC2)c1. The minimum Gasteiger partial charge on any atom is -0.507 e. The minimum atomic E-state index is -0.166. The number of hydrogen-bond acceptors (Lipinski definition) is 4. The Labute approximate surface area is 165 Å². The Morgan fingerprint density at radius 3 is 2.46 bits per heavy atom. The quantitative estimate of drug-likeness (QED) is 0.854. The van der Waals surface area contributed by atoms with Crippen LogP contribution in [-0.2, 0) is 4.79 Å². The second-order valence-electron chi connectivity index (χ2n) is 7.38. The van der Waals surface area contributed by atoms with Crippen molar-refractivity contribution >= 4 is 17.5 Å². The number of nitrogens with zero attached hydrogens (tertiary/aromatic N) is 2. The van der Waals surface area contributed by atoms with Gasteiger partial charge in [-0.2, -0.15) is 0 Å². The summed E-state index contributed by atoms with van der Waals surface area (Å²) in [5, 5.41) is 13.0. The van der Waals surface area contributed by atoms with Crippen molar-refractivity contribution in [1.29, 1.82) is 0 Å². The monoisotopic (exact) mass is 381 g/mol. The van der Waals surface area contributed by atoms with Crippen molar-refractivity contribution in [2.75, 3.05) is 38.0 Å². The molecule has 1 fully saturated rings. The molecule has 0 radical (unpaired) electrons. The van der Waals surface area contributed by atoms with Crippen LogP contribution in [0.4, 0.5) is 5.69 Å². The number of rotatable bonds is 4. The van der Waals surface area contributed by atoms with Crippen LogP contribution in [0.25, 0.3) is 0 Å². The summed E-state index contributed by atoms with van der Waals surface area (Å²) >= 11 is 0. The third kappa shape index (κ3) is 4.51. The molecular formula is C22H27N3O3. The van der Waals surface area contributed by atoms with E-state index in [0.717, 1.165) is 22.4 Å². The van der Waals surface area contributed by atoms with Crippen LogP contribution in [0.5, 0.6) is 5.75 Å². The predicted octanol–water partition coefficient (Wildman–Crippen LogP) is 2.71. The van der Waals surface area contributed by atoms with Gasteiger partial charge in [0.1, 0.15) is 5.75 Å². The number of nitrogens with one attached hydrogen (secondary N) is 1. The number of benzene rings is 2. The lowest BCUT2D eigenvalue weighted by Crippen LogP contribution is -2.50. The van der Waals surface area contributed by atoms with E-state index in [9.17, 15) is 14.7 Å². The Bertz CT molecular complexity index is 887. The molecule has 2 amide bonds. The number of anilines is 1. The molecule has 1 aliphatic rings. The maximum Gasteiger partial charge on any atom is 0.257 e. The highest BCUT2D eigenvalue weighted by molar-refractivity contribution is 5.97. The molecule has 0 bridgehead atoms. The van der Waals surface area contributed by atoms with Crippen LogP contribution in [0.3, 0.4) is 0 Å². The molecule has 6 nitrogen and oxygen atoms in total. The van der Waals surface area contributed by atoms with E-state index in [2.05, 4.69) is 5.32 Å². The zero-order valence-electron chi connectivity index (χ0n) is 16.7. The number of aromatic hydroxyl groups is 1. The van der Waals surface area contributed by atoms with Crippen molar-refractivity contribution in [3.05, 3.63) is 58.7 Å². The summed E-state index contributed by atoms with van der Waals surface area (Å²) < 4.78 is 0. The molecule has 0 saturated carbocycles. The van der Waals surface area contributed by atoms with Gasteiger partial charge in [0.25, 0.3) is 5.91 Å². The summed E-state index contributed by atoms with van der Waals surface area (Å²) in [5.41, 5.74) is 4.33. The third-order valence-electron chi connectivity index (χ3n) is 5.29. The lowest BCUT2D eigenvalue weighted by atomic mass is 10.1. The van der Waals surface area contributed by atoms with Gasteiger partial charge in [0, 0.05) is 31.9 Å². The number of piperazine rings is 1. The molecule has 0 spiro atoms. The maximum atomic E-state index is 12.7. The molecule has 0 atom stereocenters. The molecule has 2 aromatic rings. The summed E-state index contributed by atoms with van der Waals surface area (Å²) in [6, 6.07) is 10.9. The molecule has 28 heavy (non-hydrogen) atoms. The molecule has 3 rings (SSSR count). The molecule has 1 heterocycles. The smallest absolute Gasteiger partial charge is 0.257 e. The van der Waals surface area contributed by atoms with E-state index in [1.54, 1.807) is 23.1 Å². The first-order valence-corrected chi connectivity index (χ1v) is 9.52. The fraction of sp³-hybridized carbons (Fsp3) is 0.364. The normalized spacial score (nSPS) is 14.8. The van der Waals surface area contributed by atoms with Gasteiger partial charge in [-0.25, -0.2) is 0 Å². The number of aryl methyl sites for hydroxylation is 2. The van der Waals surface area contributed by atoms with Crippen LogP contribution >= 0.6 is 0 Å². The van der Waals surface area contributed by atoms with Gasteiger partial charge in [0.05, 0.1) is 12.1 Å². The average molecular weight is 381 g/mol. The standard InChI is InChI=1S/C22H27N3O3/c1-15-7-8-20(26)18(13-15)22(28)25-11-9-24(10-12-25)14-21(27)23-19-6-4-5-16(2)17(19)3/h4-8,13,26H,9-12,14H2,1-3H3,(H,23,27). The maximum absolute atomic E-state index is 12.7. The molecule has 6 heteroatoms. The van der Waals surface area contributed by atoms with Crippen molar-refractivity contribution < 1.29 is 14.7 Å². The summed E-state index contributed by atoms with van der Waals surface area (Å²) in [7, 11) is 0. The highest BCUT2D eigenvalue weighted by atomic mass is 16.3. The Morgan fingerprint density at radius 2 is 1.75 bits per heavy atom. The van der Waals surface area contributed by atoms with Crippen molar-refractivity contribution in [1.82, 2.24) is 9.80 Å². The average Bonchev–Trinajstić information content (AvgIpc) is 2.67. The van der Waals surface area contributed by atoms with E-state index in [-0.39, 0.29) is 17.6 Å². The highest BCUT2D eigenvalue weighted by Crippen LogP contribution is 2.21. The first-order chi connectivity index (χ1) is 13.3. The Morgan fingerprint density at radius 1 is 1.04 bits per heavy atom. The van der Waals surface area contributed by atoms with Crippen LogP contribution in [0.1, 0.15) is 27.0 Å². The Balaban J connectivity index is 1.54. The van der Waals surface area contributed by atoms with Crippen molar-refractivity contribution in [3.8, 4) is 5.75 Å². The molecule has 1 aliphatic heterocycles. The van der Waals surface area contributed by atoms with Crippen molar-refractivity contribution in [2.45, 2.75) is 20.8 Å². The minimum absolute atomic E-state index is 0.00549. The fourth-order valence-corrected chi connectivity index (χ4v) is 3.38. The number of phenolic OH excluding ortho intramolecular Hbond substituents is 1. The largest absolute Gasteiger partial charge is 0.507 e. The molecule has 2 aromatic carbocycles. The molecule has 1 saturated heterocycles. The second-order valence-corrected chi connectivity index (χ2v) is 7.38.